The second-order valence-electron chi connectivity index (χ2n) is 5.42. The van der Waals surface area contributed by atoms with Crippen LogP contribution in [-0.2, 0) is 5.75 Å². The number of rotatable bonds is 3. The fourth-order valence-electron chi connectivity index (χ4n) is 1.50. The molecule has 0 fully saturated rings. The molecule has 1 heterocycles. The Bertz CT molecular complexity index is 573. The highest BCUT2D eigenvalue weighted by molar-refractivity contribution is 7.99. The van der Waals surface area contributed by atoms with Crippen LogP contribution >= 0.6 is 11.8 Å². The molecule has 4 nitrogen and oxygen atoms in total. The largest absolute Gasteiger partial charge is 0.508 e. The van der Waals surface area contributed by atoms with Crippen molar-refractivity contribution in [2.45, 2.75) is 38.2 Å². The van der Waals surface area contributed by atoms with Crippen LogP contribution in [0.25, 0.3) is 11.5 Å². The summed E-state index contributed by atoms with van der Waals surface area (Å²) in [6.45, 7) is 8.30. The lowest BCUT2D eigenvalue weighted by atomic mass is 10.1. The van der Waals surface area contributed by atoms with Gasteiger partial charge in [-0.1, -0.05) is 25.9 Å². The fraction of sp³-hybridized carbons (Fsp3) is 0.429. The lowest BCUT2D eigenvalue weighted by Gasteiger charge is -2.15. The van der Waals surface area contributed by atoms with Gasteiger partial charge in [0, 0.05) is 10.3 Å². The molecular weight excluding hydrogens is 260 g/mol. The average Bonchev–Trinajstić information content (AvgIpc) is 2.78. The van der Waals surface area contributed by atoms with E-state index < -0.39 is 0 Å². The molecular formula is C14H18N2O2S. The van der Waals surface area contributed by atoms with Crippen molar-refractivity contribution < 1.29 is 9.63 Å². The zero-order valence-corrected chi connectivity index (χ0v) is 12.4. The number of phenols is 1. The van der Waals surface area contributed by atoms with E-state index >= 15 is 0 Å². The highest BCUT2D eigenvalue weighted by atomic mass is 32.2. The molecule has 0 spiro atoms. The molecule has 102 valence electrons. The van der Waals surface area contributed by atoms with Gasteiger partial charge in [-0.05, 0) is 30.7 Å². The quantitative estimate of drug-likeness (QED) is 0.925. The molecule has 0 bridgehead atoms. The normalized spacial score (nSPS) is 11.8. The van der Waals surface area contributed by atoms with E-state index in [1.807, 2.05) is 13.0 Å². The Hall–Kier alpha value is -1.49. The number of aryl methyl sites for hydroxylation is 1. The predicted molar refractivity (Wildman–Crippen MR) is 77.2 cm³/mol. The molecule has 0 saturated heterocycles. The molecule has 0 radical (unpaired) electrons. The summed E-state index contributed by atoms with van der Waals surface area (Å²) in [6, 6.07) is 5.25. The van der Waals surface area contributed by atoms with Crippen molar-refractivity contribution in [3.05, 3.63) is 29.6 Å². The maximum Gasteiger partial charge on any atom is 0.257 e. The lowest BCUT2D eigenvalue weighted by Crippen LogP contribution is -2.07. The number of aromatic hydroxyl groups is 1. The maximum atomic E-state index is 9.50. The fourth-order valence-corrected chi connectivity index (χ4v) is 2.18. The zero-order chi connectivity index (χ0) is 14.0. The lowest BCUT2D eigenvalue weighted by molar-refractivity contribution is 0.425. The van der Waals surface area contributed by atoms with Gasteiger partial charge in [0.05, 0.1) is 5.75 Å². The van der Waals surface area contributed by atoms with Gasteiger partial charge in [-0.15, -0.1) is 11.8 Å². The first-order chi connectivity index (χ1) is 8.85. The van der Waals surface area contributed by atoms with Crippen molar-refractivity contribution in [1.82, 2.24) is 10.1 Å². The Labute approximate surface area is 117 Å². The monoisotopic (exact) mass is 278 g/mol. The maximum absolute atomic E-state index is 9.50. The number of aromatic nitrogens is 2. The van der Waals surface area contributed by atoms with Crippen molar-refractivity contribution in [3.63, 3.8) is 0 Å². The molecule has 0 atom stereocenters. The molecule has 0 aliphatic heterocycles. The summed E-state index contributed by atoms with van der Waals surface area (Å²) in [7, 11) is 0. The van der Waals surface area contributed by atoms with Crippen LogP contribution in [0.2, 0.25) is 0 Å². The first kappa shape index (κ1) is 13.9. The molecule has 2 aromatic rings. The van der Waals surface area contributed by atoms with Crippen LogP contribution in [0.3, 0.4) is 0 Å². The van der Waals surface area contributed by atoms with Gasteiger partial charge in [0.25, 0.3) is 5.89 Å². The molecule has 0 aliphatic rings. The first-order valence-corrected chi connectivity index (χ1v) is 7.10. The predicted octanol–water partition coefficient (Wildman–Crippen LogP) is 3.78. The van der Waals surface area contributed by atoms with Gasteiger partial charge in [0.1, 0.15) is 5.75 Å². The Balaban J connectivity index is 2.14. The van der Waals surface area contributed by atoms with Crippen molar-refractivity contribution >= 4 is 11.8 Å². The topological polar surface area (TPSA) is 59.2 Å². The number of thioether (sulfide) groups is 1. The molecule has 5 heteroatoms. The summed E-state index contributed by atoms with van der Waals surface area (Å²) < 4.78 is 5.43. The molecule has 0 amide bonds. The Morgan fingerprint density at radius 2 is 2.05 bits per heavy atom. The minimum absolute atomic E-state index is 0.177. The third kappa shape index (κ3) is 3.73. The molecule has 0 unspecified atom stereocenters. The van der Waals surface area contributed by atoms with Crippen LogP contribution in [0.1, 0.15) is 32.2 Å². The van der Waals surface area contributed by atoms with E-state index in [2.05, 4.69) is 30.9 Å². The molecule has 1 N–H and O–H groups in total. The number of hydrogen-bond donors (Lipinski definition) is 1. The molecule has 2 rings (SSSR count). The van der Waals surface area contributed by atoms with Crippen LogP contribution in [0.4, 0.5) is 0 Å². The van der Waals surface area contributed by atoms with Crippen LogP contribution in [-0.4, -0.2) is 20.0 Å². The molecule has 1 aromatic carbocycles. The van der Waals surface area contributed by atoms with Gasteiger partial charge in [0.2, 0.25) is 0 Å². The van der Waals surface area contributed by atoms with Crippen LogP contribution in [0.5, 0.6) is 5.75 Å². The van der Waals surface area contributed by atoms with Gasteiger partial charge in [-0.2, -0.15) is 4.98 Å². The van der Waals surface area contributed by atoms with Gasteiger partial charge < -0.3 is 9.63 Å². The summed E-state index contributed by atoms with van der Waals surface area (Å²) in [5.41, 5.74) is 1.62. The summed E-state index contributed by atoms with van der Waals surface area (Å²) >= 11 is 1.78. The van der Waals surface area contributed by atoms with Gasteiger partial charge >= 0.3 is 0 Å². The van der Waals surface area contributed by atoms with E-state index in [1.54, 1.807) is 23.9 Å². The SMILES string of the molecule is Cc1cc(-c2nc(CSC(C)(C)C)no2)ccc1O. The van der Waals surface area contributed by atoms with Crippen molar-refractivity contribution in [3.8, 4) is 17.2 Å². The Kier molecular flexibility index (Phi) is 3.85. The molecule has 0 saturated carbocycles. The van der Waals surface area contributed by atoms with Crippen LogP contribution in [0, 0.1) is 6.92 Å². The third-order valence-corrected chi connectivity index (χ3v) is 3.81. The smallest absolute Gasteiger partial charge is 0.257 e. The molecule has 19 heavy (non-hydrogen) atoms. The van der Waals surface area contributed by atoms with Crippen molar-refractivity contribution in [1.29, 1.82) is 0 Å². The van der Waals surface area contributed by atoms with E-state index in [1.165, 1.54) is 0 Å². The van der Waals surface area contributed by atoms with E-state index in [9.17, 15) is 5.11 Å². The highest BCUT2D eigenvalue weighted by Gasteiger charge is 2.14. The summed E-state index contributed by atoms with van der Waals surface area (Å²) in [5, 5.41) is 13.5. The second-order valence-corrected chi connectivity index (χ2v) is 7.22. The van der Waals surface area contributed by atoms with Crippen LogP contribution < -0.4 is 0 Å². The van der Waals surface area contributed by atoms with Gasteiger partial charge in [0.15, 0.2) is 5.82 Å². The third-order valence-electron chi connectivity index (χ3n) is 2.55. The van der Waals surface area contributed by atoms with Gasteiger partial charge in [-0.25, -0.2) is 0 Å². The standard InChI is InChI=1S/C14H18N2O2S/c1-9-7-10(5-6-11(9)17)13-15-12(16-18-13)8-19-14(2,3)4/h5-7,17H,8H2,1-4H3. The van der Waals surface area contributed by atoms with Crippen molar-refractivity contribution in [2.75, 3.05) is 0 Å². The number of phenolic OH excluding ortho intramolecular Hbond substituents is 1. The molecule has 1 aromatic heterocycles. The number of hydrogen-bond acceptors (Lipinski definition) is 5. The van der Waals surface area contributed by atoms with Crippen LogP contribution in [0.15, 0.2) is 22.7 Å². The molecule has 0 aliphatic carbocycles. The average molecular weight is 278 g/mol. The Morgan fingerprint density at radius 3 is 2.68 bits per heavy atom. The van der Waals surface area contributed by atoms with Gasteiger partial charge in [-0.3, -0.25) is 0 Å². The summed E-state index contributed by atoms with van der Waals surface area (Å²) in [6.07, 6.45) is 0. The summed E-state index contributed by atoms with van der Waals surface area (Å²) in [5.74, 6) is 2.18. The van der Waals surface area contributed by atoms with E-state index in [0.717, 1.165) is 16.9 Å². The second kappa shape index (κ2) is 5.25. The Morgan fingerprint density at radius 1 is 1.32 bits per heavy atom. The minimum Gasteiger partial charge on any atom is -0.508 e. The first-order valence-electron chi connectivity index (χ1n) is 6.12. The highest BCUT2D eigenvalue weighted by Crippen LogP contribution is 2.28. The summed E-state index contributed by atoms with van der Waals surface area (Å²) in [4.78, 5) is 4.37. The van der Waals surface area contributed by atoms with E-state index in [4.69, 9.17) is 4.52 Å². The van der Waals surface area contributed by atoms with E-state index in [0.29, 0.717) is 11.7 Å². The van der Waals surface area contributed by atoms with Crippen molar-refractivity contribution in [2.24, 2.45) is 0 Å². The number of benzene rings is 1. The number of nitrogens with zero attached hydrogens (tertiary/aromatic N) is 2. The van der Waals surface area contributed by atoms with E-state index in [-0.39, 0.29) is 10.5 Å². The zero-order valence-electron chi connectivity index (χ0n) is 11.6. The minimum atomic E-state index is 0.177.